The smallest absolute Gasteiger partial charge is 0.321 e. The molecule has 0 bridgehead atoms. The molecule has 0 spiro atoms. The maximum atomic E-state index is 12.6. The van der Waals surface area contributed by atoms with E-state index < -0.39 is 6.10 Å². The number of benzene rings is 1. The van der Waals surface area contributed by atoms with Gasteiger partial charge in [0.15, 0.2) is 0 Å². The zero-order chi connectivity index (χ0) is 19.2. The highest BCUT2D eigenvalue weighted by molar-refractivity contribution is 5.89. The number of hydrogen-bond donors (Lipinski definition) is 3. The average molecular weight is 374 g/mol. The monoisotopic (exact) mass is 374 g/mol. The summed E-state index contributed by atoms with van der Waals surface area (Å²) in [5.74, 6) is -0.000697. The third kappa shape index (κ3) is 5.20. The number of piperidine rings is 1. The molecule has 3 amide bonds. The number of nitrogens with zero attached hydrogens (tertiary/aromatic N) is 2. The van der Waals surface area contributed by atoms with Crippen molar-refractivity contribution in [2.45, 2.75) is 44.2 Å². The summed E-state index contributed by atoms with van der Waals surface area (Å²) in [7, 11) is 1.63. The summed E-state index contributed by atoms with van der Waals surface area (Å²) in [4.78, 5) is 28.0. The highest BCUT2D eigenvalue weighted by Crippen LogP contribution is 2.22. The van der Waals surface area contributed by atoms with Crippen LogP contribution < -0.4 is 10.6 Å². The van der Waals surface area contributed by atoms with Crippen molar-refractivity contribution < 1.29 is 14.7 Å². The third-order valence-corrected chi connectivity index (χ3v) is 5.50. The first-order chi connectivity index (χ1) is 13.1. The van der Waals surface area contributed by atoms with Crippen molar-refractivity contribution in [1.82, 2.24) is 15.1 Å². The second-order valence-corrected chi connectivity index (χ2v) is 7.44. The van der Waals surface area contributed by atoms with Gasteiger partial charge in [0.2, 0.25) is 5.91 Å². The lowest BCUT2D eigenvalue weighted by molar-refractivity contribution is -0.120. The van der Waals surface area contributed by atoms with Gasteiger partial charge in [0.05, 0.1) is 18.7 Å². The van der Waals surface area contributed by atoms with Crippen molar-refractivity contribution in [3.63, 3.8) is 0 Å². The van der Waals surface area contributed by atoms with Crippen LogP contribution in [0.15, 0.2) is 24.3 Å². The summed E-state index contributed by atoms with van der Waals surface area (Å²) in [6.45, 7) is 2.93. The first kappa shape index (κ1) is 19.6. The van der Waals surface area contributed by atoms with Crippen LogP contribution in [0, 0.1) is 0 Å². The molecule has 2 heterocycles. The minimum atomic E-state index is -0.493. The summed E-state index contributed by atoms with van der Waals surface area (Å²) in [5, 5.41) is 16.0. The van der Waals surface area contributed by atoms with Crippen molar-refractivity contribution in [3.05, 3.63) is 29.8 Å². The van der Waals surface area contributed by atoms with Gasteiger partial charge in [-0.1, -0.05) is 18.6 Å². The van der Waals surface area contributed by atoms with Crippen molar-refractivity contribution in [2.75, 3.05) is 38.5 Å². The Hall–Kier alpha value is -2.12. The van der Waals surface area contributed by atoms with Crippen LogP contribution in [0.2, 0.25) is 0 Å². The molecule has 0 radical (unpaired) electrons. The molecule has 3 rings (SSSR count). The number of urea groups is 1. The summed E-state index contributed by atoms with van der Waals surface area (Å²) in [6, 6.07) is 7.42. The summed E-state index contributed by atoms with van der Waals surface area (Å²) >= 11 is 0. The van der Waals surface area contributed by atoms with Gasteiger partial charge in [-0.2, -0.15) is 0 Å². The first-order valence-corrected chi connectivity index (χ1v) is 9.84. The molecule has 0 aliphatic carbocycles. The van der Waals surface area contributed by atoms with Crippen LogP contribution in [0.1, 0.15) is 31.2 Å². The van der Waals surface area contributed by atoms with Crippen LogP contribution in [-0.2, 0) is 11.2 Å². The SMILES string of the molecule is CNC(=O)CCc1cccc(NC(=O)N2C[C@H](O)[C@@H](N3CCCCC3)C2)c1. The molecular weight excluding hydrogens is 344 g/mol. The molecule has 1 aromatic rings. The van der Waals surface area contributed by atoms with E-state index in [1.165, 1.54) is 6.42 Å². The molecule has 0 saturated carbocycles. The lowest BCUT2D eigenvalue weighted by atomic mass is 10.1. The van der Waals surface area contributed by atoms with Crippen LogP contribution in [0.5, 0.6) is 0 Å². The highest BCUT2D eigenvalue weighted by atomic mass is 16.3. The van der Waals surface area contributed by atoms with E-state index in [0.29, 0.717) is 31.6 Å². The molecule has 2 atom stereocenters. The fourth-order valence-electron chi connectivity index (χ4n) is 3.93. The van der Waals surface area contributed by atoms with E-state index in [2.05, 4.69) is 15.5 Å². The van der Waals surface area contributed by atoms with E-state index in [1.54, 1.807) is 11.9 Å². The van der Waals surface area contributed by atoms with Gasteiger partial charge in [0.25, 0.3) is 0 Å². The predicted octanol–water partition coefficient (Wildman–Crippen LogP) is 1.43. The molecule has 2 aliphatic rings. The van der Waals surface area contributed by atoms with Crippen molar-refractivity contribution in [3.8, 4) is 0 Å². The molecule has 148 valence electrons. The average Bonchev–Trinajstić information content (AvgIpc) is 3.09. The molecule has 7 heteroatoms. The number of rotatable bonds is 5. The van der Waals surface area contributed by atoms with Gasteiger partial charge in [0, 0.05) is 25.7 Å². The second kappa shape index (κ2) is 9.19. The number of aryl methyl sites for hydroxylation is 1. The van der Waals surface area contributed by atoms with Gasteiger partial charge >= 0.3 is 6.03 Å². The maximum absolute atomic E-state index is 12.6. The van der Waals surface area contributed by atoms with Gasteiger partial charge in [-0.3, -0.25) is 9.69 Å². The van der Waals surface area contributed by atoms with E-state index in [1.807, 2.05) is 24.3 Å². The number of aliphatic hydroxyl groups is 1. The number of nitrogens with one attached hydrogen (secondary N) is 2. The fraction of sp³-hybridized carbons (Fsp3) is 0.600. The van der Waals surface area contributed by atoms with E-state index in [-0.39, 0.29) is 18.0 Å². The Morgan fingerprint density at radius 1 is 1.19 bits per heavy atom. The quantitative estimate of drug-likeness (QED) is 0.728. The number of hydrogen-bond acceptors (Lipinski definition) is 4. The predicted molar refractivity (Wildman–Crippen MR) is 105 cm³/mol. The van der Waals surface area contributed by atoms with Gasteiger partial charge < -0.3 is 20.6 Å². The molecule has 3 N–H and O–H groups in total. The minimum absolute atomic E-state index is 0.000697. The standard InChI is InChI=1S/C20H30N4O3/c1-21-19(26)9-8-15-6-5-7-16(12-15)22-20(27)24-13-17(18(25)14-24)23-10-3-2-4-11-23/h5-7,12,17-18,25H,2-4,8-11,13-14H2,1H3,(H,21,26)(H,22,27)/t17-,18-/m0/s1. The summed E-state index contributed by atoms with van der Waals surface area (Å²) in [5.41, 5.74) is 1.72. The number of β-amino-alcohol motifs (C(OH)–C–C–N with tert-alkyl or cyclic N) is 1. The van der Waals surface area contributed by atoms with Crippen molar-refractivity contribution >= 4 is 17.6 Å². The zero-order valence-corrected chi connectivity index (χ0v) is 16.0. The number of carbonyl (C=O) groups is 2. The maximum Gasteiger partial charge on any atom is 0.321 e. The Balaban J connectivity index is 1.55. The lowest BCUT2D eigenvalue weighted by Gasteiger charge is -2.33. The molecule has 2 aliphatic heterocycles. The normalized spacial score (nSPS) is 23.3. The highest BCUT2D eigenvalue weighted by Gasteiger charge is 2.37. The Morgan fingerprint density at radius 2 is 1.96 bits per heavy atom. The Kier molecular flexibility index (Phi) is 6.68. The Labute approximate surface area is 160 Å². The number of aliphatic hydroxyl groups excluding tert-OH is 1. The lowest BCUT2D eigenvalue weighted by Crippen LogP contribution is -2.46. The number of anilines is 1. The molecule has 2 fully saturated rings. The van der Waals surface area contributed by atoms with Crippen molar-refractivity contribution in [2.24, 2.45) is 0 Å². The topological polar surface area (TPSA) is 84.9 Å². The van der Waals surface area contributed by atoms with E-state index in [0.717, 1.165) is 31.5 Å². The Bertz CT molecular complexity index is 660. The molecule has 0 unspecified atom stereocenters. The number of carbonyl (C=O) groups excluding carboxylic acids is 2. The number of likely N-dealkylation sites (tertiary alicyclic amines) is 2. The van der Waals surface area contributed by atoms with Crippen LogP contribution in [0.4, 0.5) is 10.5 Å². The first-order valence-electron chi connectivity index (χ1n) is 9.84. The minimum Gasteiger partial charge on any atom is -0.390 e. The van der Waals surface area contributed by atoms with Crippen LogP contribution in [0.3, 0.4) is 0 Å². The molecule has 7 nitrogen and oxygen atoms in total. The van der Waals surface area contributed by atoms with E-state index >= 15 is 0 Å². The van der Waals surface area contributed by atoms with E-state index in [9.17, 15) is 14.7 Å². The third-order valence-electron chi connectivity index (χ3n) is 5.50. The molecule has 27 heavy (non-hydrogen) atoms. The van der Waals surface area contributed by atoms with Crippen LogP contribution in [0.25, 0.3) is 0 Å². The van der Waals surface area contributed by atoms with Crippen LogP contribution in [-0.4, -0.2) is 72.2 Å². The second-order valence-electron chi connectivity index (χ2n) is 7.44. The zero-order valence-electron chi connectivity index (χ0n) is 16.0. The molecule has 2 saturated heterocycles. The summed E-state index contributed by atoms with van der Waals surface area (Å²) in [6.07, 6.45) is 4.14. The molecule has 0 aromatic heterocycles. The van der Waals surface area contributed by atoms with Crippen molar-refractivity contribution in [1.29, 1.82) is 0 Å². The van der Waals surface area contributed by atoms with Crippen LogP contribution >= 0.6 is 0 Å². The van der Waals surface area contributed by atoms with Gasteiger partial charge in [-0.15, -0.1) is 0 Å². The molecule has 1 aromatic carbocycles. The van der Waals surface area contributed by atoms with E-state index in [4.69, 9.17) is 0 Å². The van der Waals surface area contributed by atoms with Gasteiger partial charge in [0.1, 0.15) is 0 Å². The largest absolute Gasteiger partial charge is 0.390 e. The Morgan fingerprint density at radius 3 is 2.70 bits per heavy atom. The fourth-order valence-corrected chi connectivity index (χ4v) is 3.93. The van der Waals surface area contributed by atoms with Gasteiger partial charge in [-0.05, 0) is 50.0 Å². The van der Waals surface area contributed by atoms with Gasteiger partial charge in [-0.25, -0.2) is 4.79 Å². The molecular formula is C20H30N4O3. The number of amides is 3. The summed E-state index contributed by atoms with van der Waals surface area (Å²) < 4.78 is 0.